The molecular formula is C39H34N2O4S. The molecule has 7 heteroatoms. The van der Waals surface area contributed by atoms with Crippen molar-refractivity contribution in [1.29, 1.82) is 0 Å². The van der Waals surface area contributed by atoms with Crippen LogP contribution in [-0.2, 0) is 18.0 Å². The standard InChI is InChI=1S/C39H34N2O4S/c1-27-9-16-32(17-10-27)40-39-41(33-18-11-28(2)12-19-33)38(42)37(46-39)24-29-13-20-34(21-14-29)44-26-31-15-22-35(36(23-31)43-3)45-25-30-7-5-4-6-8-30/h4-24H,25-26H2,1-3H3/b37-24+,40-39?. The lowest BCUT2D eigenvalue weighted by Gasteiger charge is -2.16. The molecule has 1 aliphatic heterocycles. The zero-order valence-electron chi connectivity index (χ0n) is 26.0. The summed E-state index contributed by atoms with van der Waals surface area (Å²) in [5.41, 5.74) is 6.81. The Hall–Kier alpha value is -5.27. The van der Waals surface area contributed by atoms with Crippen LogP contribution in [0, 0.1) is 13.8 Å². The summed E-state index contributed by atoms with van der Waals surface area (Å²) >= 11 is 1.37. The fourth-order valence-electron chi connectivity index (χ4n) is 4.83. The summed E-state index contributed by atoms with van der Waals surface area (Å²) in [5, 5.41) is 0.621. The first-order valence-corrected chi connectivity index (χ1v) is 15.8. The van der Waals surface area contributed by atoms with Gasteiger partial charge in [-0.2, -0.15) is 0 Å². The molecule has 230 valence electrons. The van der Waals surface area contributed by atoms with Crippen LogP contribution in [-0.4, -0.2) is 18.2 Å². The van der Waals surface area contributed by atoms with Crippen molar-refractivity contribution in [1.82, 2.24) is 0 Å². The van der Waals surface area contributed by atoms with Crippen LogP contribution in [0.25, 0.3) is 6.08 Å². The molecule has 46 heavy (non-hydrogen) atoms. The van der Waals surface area contributed by atoms with E-state index in [1.807, 2.05) is 141 Å². The molecule has 0 N–H and O–H groups in total. The molecule has 1 heterocycles. The Labute approximate surface area is 274 Å². The molecule has 0 bridgehead atoms. The quantitative estimate of drug-likeness (QED) is 0.145. The summed E-state index contributed by atoms with van der Waals surface area (Å²) in [4.78, 5) is 20.8. The number of amidine groups is 1. The second-order valence-electron chi connectivity index (χ2n) is 10.9. The van der Waals surface area contributed by atoms with Gasteiger partial charge in [0.1, 0.15) is 19.0 Å². The van der Waals surface area contributed by atoms with Gasteiger partial charge in [-0.25, -0.2) is 4.99 Å². The number of methoxy groups -OCH3 is 1. The maximum atomic E-state index is 13.7. The number of nitrogens with zero attached hydrogens (tertiary/aromatic N) is 2. The minimum atomic E-state index is -0.106. The van der Waals surface area contributed by atoms with E-state index in [0.29, 0.717) is 34.8 Å². The second-order valence-corrected chi connectivity index (χ2v) is 11.9. The van der Waals surface area contributed by atoms with Gasteiger partial charge in [0.25, 0.3) is 5.91 Å². The van der Waals surface area contributed by atoms with E-state index >= 15 is 0 Å². The van der Waals surface area contributed by atoms with Gasteiger partial charge in [-0.05, 0) is 96.9 Å². The molecule has 0 radical (unpaired) electrons. The first-order chi connectivity index (χ1) is 22.4. The average molecular weight is 627 g/mol. The van der Waals surface area contributed by atoms with Crippen LogP contribution in [0.5, 0.6) is 17.2 Å². The smallest absolute Gasteiger partial charge is 0.271 e. The highest BCUT2D eigenvalue weighted by molar-refractivity contribution is 8.19. The number of hydrogen-bond donors (Lipinski definition) is 0. The third kappa shape index (κ3) is 7.50. The predicted octanol–water partition coefficient (Wildman–Crippen LogP) is 9.28. The normalized spacial score (nSPS) is 14.6. The van der Waals surface area contributed by atoms with Crippen molar-refractivity contribution < 1.29 is 19.0 Å². The molecule has 0 saturated carbocycles. The zero-order valence-corrected chi connectivity index (χ0v) is 26.8. The number of aryl methyl sites for hydroxylation is 2. The molecule has 0 spiro atoms. The highest BCUT2D eigenvalue weighted by atomic mass is 32.2. The van der Waals surface area contributed by atoms with E-state index in [0.717, 1.165) is 44.9 Å². The first kappa shape index (κ1) is 30.7. The molecule has 1 aliphatic rings. The maximum absolute atomic E-state index is 13.7. The van der Waals surface area contributed by atoms with Gasteiger partial charge in [0, 0.05) is 0 Å². The highest BCUT2D eigenvalue weighted by Gasteiger charge is 2.34. The summed E-state index contributed by atoms with van der Waals surface area (Å²) in [5.74, 6) is 1.95. The van der Waals surface area contributed by atoms with Crippen molar-refractivity contribution >= 4 is 40.3 Å². The number of carbonyl (C=O) groups excluding carboxylic acids is 1. The predicted molar refractivity (Wildman–Crippen MR) is 187 cm³/mol. The summed E-state index contributed by atoms with van der Waals surface area (Å²) in [6.45, 7) is 4.90. The summed E-state index contributed by atoms with van der Waals surface area (Å²) in [6.07, 6.45) is 1.90. The molecule has 1 amide bonds. The number of aliphatic imine (C=N–C) groups is 1. The average Bonchev–Trinajstić information content (AvgIpc) is 3.38. The number of thioether (sulfide) groups is 1. The maximum Gasteiger partial charge on any atom is 0.271 e. The number of ether oxygens (including phenoxy) is 3. The SMILES string of the molecule is COc1cc(COc2ccc(/C=C3/SC(=Nc4ccc(C)cc4)N(c4ccc(C)cc4)C3=O)cc2)ccc1OCc1ccccc1. The Balaban J connectivity index is 1.14. The Morgan fingerprint density at radius 3 is 2.09 bits per heavy atom. The second kappa shape index (κ2) is 14.2. The van der Waals surface area contributed by atoms with Crippen LogP contribution < -0.4 is 19.1 Å². The summed E-state index contributed by atoms with van der Waals surface area (Å²) < 4.78 is 17.6. The number of hydrogen-bond acceptors (Lipinski definition) is 6. The number of carbonyl (C=O) groups is 1. The van der Waals surface area contributed by atoms with E-state index in [-0.39, 0.29) is 5.91 Å². The molecule has 0 aliphatic carbocycles. The van der Waals surface area contributed by atoms with Crippen LogP contribution in [0.1, 0.15) is 27.8 Å². The molecule has 0 unspecified atom stereocenters. The number of benzene rings is 5. The van der Waals surface area contributed by atoms with Gasteiger partial charge in [0.2, 0.25) is 0 Å². The van der Waals surface area contributed by atoms with Crippen LogP contribution in [0.15, 0.2) is 131 Å². The van der Waals surface area contributed by atoms with Crippen LogP contribution in [0.3, 0.4) is 0 Å². The van der Waals surface area contributed by atoms with E-state index < -0.39 is 0 Å². The van der Waals surface area contributed by atoms with Gasteiger partial charge in [0.15, 0.2) is 16.7 Å². The van der Waals surface area contributed by atoms with Gasteiger partial charge in [-0.3, -0.25) is 9.69 Å². The van der Waals surface area contributed by atoms with Gasteiger partial charge in [-0.1, -0.05) is 83.9 Å². The lowest BCUT2D eigenvalue weighted by Crippen LogP contribution is -2.28. The molecule has 0 atom stereocenters. The highest BCUT2D eigenvalue weighted by Crippen LogP contribution is 2.38. The number of rotatable bonds is 10. The molecule has 6 nitrogen and oxygen atoms in total. The van der Waals surface area contributed by atoms with Crippen molar-refractivity contribution in [3.63, 3.8) is 0 Å². The molecule has 0 aromatic heterocycles. The van der Waals surface area contributed by atoms with Gasteiger partial charge in [-0.15, -0.1) is 0 Å². The van der Waals surface area contributed by atoms with Crippen molar-refractivity contribution in [3.8, 4) is 17.2 Å². The molecule has 6 rings (SSSR count). The van der Waals surface area contributed by atoms with Crippen LogP contribution >= 0.6 is 11.8 Å². The topological polar surface area (TPSA) is 60.4 Å². The lowest BCUT2D eigenvalue weighted by atomic mass is 10.2. The van der Waals surface area contributed by atoms with Gasteiger partial charge >= 0.3 is 0 Å². The van der Waals surface area contributed by atoms with E-state index in [4.69, 9.17) is 19.2 Å². The van der Waals surface area contributed by atoms with Gasteiger partial charge < -0.3 is 14.2 Å². The van der Waals surface area contributed by atoms with E-state index in [1.54, 1.807) is 12.0 Å². The summed E-state index contributed by atoms with van der Waals surface area (Å²) in [7, 11) is 1.63. The van der Waals surface area contributed by atoms with E-state index in [9.17, 15) is 4.79 Å². The Kier molecular flexibility index (Phi) is 9.51. The fourth-order valence-corrected chi connectivity index (χ4v) is 5.84. The van der Waals surface area contributed by atoms with Crippen molar-refractivity contribution in [2.24, 2.45) is 4.99 Å². The minimum Gasteiger partial charge on any atom is -0.493 e. The third-order valence-corrected chi connectivity index (χ3v) is 8.37. The number of anilines is 1. The molecule has 1 saturated heterocycles. The van der Waals surface area contributed by atoms with Gasteiger partial charge in [0.05, 0.1) is 23.4 Å². The minimum absolute atomic E-state index is 0.106. The third-order valence-electron chi connectivity index (χ3n) is 7.41. The van der Waals surface area contributed by atoms with Crippen LogP contribution in [0.2, 0.25) is 0 Å². The Bertz CT molecular complexity index is 1870. The monoisotopic (exact) mass is 626 g/mol. The number of amides is 1. The lowest BCUT2D eigenvalue weighted by molar-refractivity contribution is -0.113. The van der Waals surface area contributed by atoms with Crippen molar-refractivity contribution in [2.75, 3.05) is 12.0 Å². The fraction of sp³-hybridized carbons (Fsp3) is 0.128. The molecule has 5 aromatic carbocycles. The molecule has 5 aromatic rings. The Morgan fingerprint density at radius 1 is 0.717 bits per heavy atom. The zero-order chi connectivity index (χ0) is 31.9. The molecular weight excluding hydrogens is 593 g/mol. The largest absolute Gasteiger partial charge is 0.493 e. The van der Waals surface area contributed by atoms with E-state index in [2.05, 4.69) is 0 Å². The van der Waals surface area contributed by atoms with Crippen LogP contribution in [0.4, 0.5) is 11.4 Å². The van der Waals surface area contributed by atoms with Crippen molar-refractivity contribution in [2.45, 2.75) is 27.1 Å². The Morgan fingerprint density at radius 2 is 1.39 bits per heavy atom. The summed E-state index contributed by atoms with van der Waals surface area (Å²) in [6, 6.07) is 39.4. The van der Waals surface area contributed by atoms with E-state index in [1.165, 1.54) is 11.8 Å². The molecule has 1 fully saturated rings. The first-order valence-electron chi connectivity index (χ1n) is 15.0. The van der Waals surface area contributed by atoms with Crippen molar-refractivity contribution in [3.05, 3.63) is 154 Å².